The lowest BCUT2D eigenvalue weighted by atomic mass is 10.1. The standard InChI is InChI=1S/C28H32FN7O/c1-4-9-34-16-24-11-23(34)17-35(24)14-19-5-7-20(8-6-19)15-36-26(21-10-22(29)13-30-12-21)32-25-18(2)31-28(37-3)33-27(25)36/h5-8,10,12-13,23-24H,4,9,11,14-17H2,1-3H3/t23-,24-/m0/s1. The van der Waals surface area contributed by atoms with Crippen LogP contribution in [0.5, 0.6) is 6.01 Å². The number of aromatic nitrogens is 5. The van der Waals surface area contributed by atoms with Crippen LogP contribution >= 0.6 is 0 Å². The zero-order valence-electron chi connectivity index (χ0n) is 21.6. The molecule has 1 aromatic carbocycles. The lowest BCUT2D eigenvalue weighted by molar-refractivity contribution is 0.123. The van der Waals surface area contributed by atoms with E-state index in [1.807, 2.05) is 11.5 Å². The summed E-state index contributed by atoms with van der Waals surface area (Å²) in [6.45, 7) is 9.24. The number of halogens is 1. The summed E-state index contributed by atoms with van der Waals surface area (Å²) in [5.41, 5.74) is 5.05. The van der Waals surface area contributed by atoms with E-state index in [1.54, 1.807) is 13.3 Å². The first-order valence-corrected chi connectivity index (χ1v) is 13.0. The molecule has 2 fully saturated rings. The molecule has 0 N–H and O–H groups in total. The number of methoxy groups -OCH3 is 1. The Kier molecular flexibility index (Phi) is 6.34. The fraction of sp³-hybridized carbons (Fsp3) is 0.429. The van der Waals surface area contributed by atoms with E-state index in [2.05, 4.69) is 55.9 Å². The summed E-state index contributed by atoms with van der Waals surface area (Å²) in [5, 5.41) is 0. The number of benzene rings is 1. The Bertz CT molecular complexity index is 1420. The summed E-state index contributed by atoms with van der Waals surface area (Å²) >= 11 is 0. The van der Waals surface area contributed by atoms with Gasteiger partial charge in [0.15, 0.2) is 5.65 Å². The first-order chi connectivity index (χ1) is 18.0. The van der Waals surface area contributed by atoms with E-state index >= 15 is 0 Å². The van der Waals surface area contributed by atoms with Crippen molar-refractivity contribution in [1.29, 1.82) is 0 Å². The first-order valence-electron chi connectivity index (χ1n) is 13.0. The maximum absolute atomic E-state index is 14.0. The average Bonchev–Trinajstić information content (AvgIpc) is 3.58. The third-order valence-electron chi connectivity index (χ3n) is 7.62. The first kappa shape index (κ1) is 23.9. The van der Waals surface area contributed by atoms with Gasteiger partial charge < -0.3 is 9.30 Å². The van der Waals surface area contributed by atoms with Gasteiger partial charge in [0, 0.05) is 43.5 Å². The third kappa shape index (κ3) is 4.57. The lowest BCUT2D eigenvalue weighted by Crippen LogP contribution is -2.46. The average molecular weight is 502 g/mol. The summed E-state index contributed by atoms with van der Waals surface area (Å²) in [4.78, 5) is 23.1. The molecule has 8 nitrogen and oxygen atoms in total. The normalized spacial score (nSPS) is 19.8. The monoisotopic (exact) mass is 501 g/mol. The number of hydrogen-bond acceptors (Lipinski definition) is 7. The summed E-state index contributed by atoms with van der Waals surface area (Å²) in [6, 6.07) is 11.9. The van der Waals surface area contributed by atoms with Crippen molar-refractivity contribution in [1.82, 2.24) is 34.3 Å². The molecule has 0 amide bonds. The van der Waals surface area contributed by atoms with Crippen LogP contribution in [0.15, 0.2) is 42.7 Å². The molecule has 0 aliphatic carbocycles. The molecule has 2 saturated heterocycles. The predicted octanol–water partition coefficient (Wildman–Crippen LogP) is 4.06. The Morgan fingerprint density at radius 3 is 2.38 bits per heavy atom. The van der Waals surface area contributed by atoms with Crippen LogP contribution in [-0.2, 0) is 13.1 Å². The van der Waals surface area contributed by atoms with E-state index in [1.165, 1.54) is 50.3 Å². The molecule has 9 heteroatoms. The number of fused-ring (bicyclic) bond motifs is 3. The highest BCUT2D eigenvalue weighted by Crippen LogP contribution is 2.32. The van der Waals surface area contributed by atoms with E-state index < -0.39 is 5.82 Å². The molecule has 0 unspecified atom stereocenters. The van der Waals surface area contributed by atoms with Crippen LogP contribution in [0, 0.1) is 12.7 Å². The van der Waals surface area contributed by atoms with Crippen molar-refractivity contribution in [3.8, 4) is 17.4 Å². The number of piperazine rings is 1. The summed E-state index contributed by atoms with van der Waals surface area (Å²) < 4.78 is 21.3. The molecule has 2 atom stereocenters. The highest BCUT2D eigenvalue weighted by atomic mass is 19.1. The smallest absolute Gasteiger partial charge is 0.318 e. The Morgan fingerprint density at radius 2 is 1.70 bits per heavy atom. The Balaban J connectivity index is 1.26. The van der Waals surface area contributed by atoms with Crippen LogP contribution in [0.4, 0.5) is 4.39 Å². The zero-order valence-corrected chi connectivity index (χ0v) is 21.6. The van der Waals surface area contributed by atoms with Crippen LogP contribution in [0.1, 0.15) is 36.6 Å². The van der Waals surface area contributed by atoms with Crippen molar-refractivity contribution >= 4 is 11.2 Å². The fourth-order valence-corrected chi connectivity index (χ4v) is 5.86. The second-order valence-corrected chi connectivity index (χ2v) is 10.2. The molecule has 0 spiro atoms. The van der Waals surface area contributed by atoms with Crippen LogP contribution in [0.3, 0.4) is 0 Å². The van der Waals surface area contributed by atoms with Gasteiger partial charge in [0.25, 0.3) is 0 Å². The van der Waals surface area contributed by atoms with Crippen molar-refractivity contribution in [3.63, 3.8) is 0 Å². The Morgan fingerprint density at radius 1 is 0.973 bits per heavy atom. The van der Waals surface area contributed by atoms with E-state index in [0.717, 1.165) is 18.2 Å². The number of aryl methyl sites for hydroxylation is 1. The molecule has 4 aromatic rings. The van der Waals surface area contributed by atoms with E-state index in [-0.39, 0.29) is 6.01 Å². The van der Waals surface area contributed by atoms with Gasteiger partial charge in [0.1, 0.15) is 17.2 Å². The molecule has 37 heavy (non-hydrogen) atoms. The SMILES string of the molecule is CCCN1C[C@@H]2C[C@H]1CN2Cc1ccc(Cn2c(-c3cncc(F)c3)nc3c(C)nc(OC)nc32)cc1. The number of likely N-dealkylation sites (tertiary alicyclic amines) is 2. The third-order valence-corrected chi connectivity index (χ3v) is 7.62. The molecule has 192 valence electrons. The molecule has 6 rings (SSSR count). The molecular weight excluding hydrogens is 469 g/mol. The highest BCUT2D eigenvalue weighted by molar-refractivity contribution is 5.79. The lowest BCUT2D eigenvalue weighted by Gasteiger charge is -2.34. The van der Waals surface area contributed by atoms with Crippen molar-refractivity contribution in [2.45, 2.75) is 51.9 Å². The fourth-order valence-electron chi connectivity index (χ4n) is 5.86. The molecule has 5 heterocycles. The number of nitrogens with zero attached hydrogens (tertiary/aromatic N) is 7. The molecule has 2 bridgehead atoms. The molecule has 2 aliphatic rings. The predicted molar refractivity (Wildman–Crippen MR) is 140 cm³/mol. The summed E-state index contributed by atoms with van der Waals surface area (Å²) in [7, 11) is 1.55. The Hall–Kier alpha value is -3.43. The van der Waals surface area contributed by atoms with E-state index in [9.17, 15) is 4.39 Å². The molecule has 3 aromatic heterocycles. The minimum absolute atomic E-state index is 0.280. The van der Waals surface area contributed by atoms with Gasteiger partial charge >= 0.3 is 6.01 Å². The summed E-state index contributed by atoms with van der Waals surface area (Å²) in [5.74, 6) is 0.190. The second-order valence-electron chi connectivity index (χ2n) is 10.2. The number of rotatable bonds is 8. The van der Waals surface area contributed by atoms with E-state index in [4.69, 9.17) is 9.72 Å². The quantitative estimate of drug-likeness (QED) is 0.361. The van der Waals surface area contributed by atoms with Crippen molar-refractivity contribution in [3.05, 3.63) is 65.4 Å². The van der Waals surface area contributed by atoms with Crippen LogP contribution in [-0.4, -0.2) is 73.1 Å². The minimum atomic E-state index is -0.408. The maximum Gasteiger partial charge on any atom is 0.318 e. The zero-order chi connectivity index (χ0) is 25.5. The van der Waals surface area contributed by atoms with Crippen LogP contribution in [0.25, 0.3) is 22.6 Å². The van der Waals surface area contributed by atoms with Crippen LogP contribution in [0.2, 0.25) is 0 Å². The topological polar surface area (TPSA) is 72.2 Å². The molecule has 0 saturated carbocycles. The van der Waals surface area contributed by atoms with Gasteiger partial charge in [-0.25, -0.2) is 9.37 Å². The van der Waals surface area contributed by atoms with Crippen LogP contribution < -0.4 is 4.74 Å². The molecule has 2 aliphatic heterocycles. The van der Waals surface area contributed by atoms with Gasteiger partial charge in [-0.05, 0) is 43.5 Å². The van der Waals surface area contributed by atoms with Gasteiger partial charge in [-0.1, -0.05) is 31.2 Å². The largest absolute Gasteiger partial charge is 0.467 e. The number of pyridine rings is 1. The number of hydrogen-bond donors (Lipinski definition) is 0. The van der Waals surface area contributed by atoms with Crippen molar-refractivity contribution in [2.24, 2.45) is 0 Å². The van der Waals surface area contributed by atoms with Gasteiger partial charge in [-0.2, -0.15) is 9.97 Å². The van der Waals surface area contributed by atoms with Gasteiger partial charge in [0.2, 0.25) is 0 Å². The number of imidazole rings is 1. The van der Waals surface area contributed by atoms with Crippen molar-refractivity contribution in [2.75, 3.05) is 26.7 Å². The van der Waals surface area contributed by atoms with Gasteiger partial charge in [0.05, 0.1) is 25.5 Å². The Labute approximate surface area is 216 Å². The van der Waals surface area contributed by atoms with Crippen molar-refractivity contribution < 1.29 is 9.13 Å². The number of ether oxygens (including phenoxy) is 1. The second kappa shape index (κ2) is 9.79. The molecule has 0 radical (unpaired) electrons. The molecular formula is C28H32FN7O. The van der Waals surface area contributed by atoms with Gasteiger partial charge in [-0.3, -0.25) is 14.8 Å². The van der Waals surface area contributed by atoms with Gasteiger partial charge in [-0.15, -0.1) is 0 Å². The maximum atomic E-state index is 14.0. The summed E-state index contributed by atoms with van der Waals surface area (Å²) in [6.07, 6.45) is 5.34. The highest BCUT2D eigenvalue weighted by Gasteiger charge is 2.42. The van der Waals surface area contributed by atoms with E-state index in [0.29, 0.717) is 40.8 Å². The minimum Gasteiger partial charge on any atom is -0.467 e.